The fraction of sp³-hybridized carbons (Fsp3) is 0.500. The third kappa shape index (κ3) is 6.02. The van der Waals surface area contributed by atoms with Crippen molar-refractivity contribution in [3.8, 4) is 0 Å². The van der Waals surface area contributed by atoms with Gasteiger partial charge in [-0.15, -0.1) is 11.3 Å². The Morgan fingerprint density at radius 3 is 2.75 bits per heavy atom. The molecule has 2 heterocycles. The van der Waals surface area contributed by atoms with Crippen molar-refractivity contribution in [1.29, 1.82) is 0 Å². The van der Waals surface area contributed by atoms with E-state index in [1.807, 2.05) is 12.1 Å². The van der Waals surface area contributed by atoms with Crippen LogP contribution in [0, 0.1) is 0 Å². The smallest absolute Gasteiger partial charge is 0.191 e. The number of hydrogen-bond acceptors (Lipinski definition) is 4. The minimum absolute atomic E-state index is 0.0189. The van der Waals surface area contributed by atoms with Crippen LogP contribution in [0.4, 0.5) is 0 Å². The molecule has 0 saturated carbocycles. The molecule has 0 aliphatic rings. The lowest BCUT2D eigenvalue weighted by atomic mass is 9.92. The fourth-order valence-electron chi connectivity index (χ4n) is 2.22. The van der Waals surface area contributed by atoms with E-state index in [-0.39, 0.29) is 5.41 Å². The molecule has 0 atom stereocenters. The van der Waals surface area contributed by atoms with Crippen molar-refractivity contribution in [3.63, 3.8) is 0 Å². The predicted octanol–water partition coefficient (Wildman–Crippen LogP) is 3.04. The van der Waals surface area contributed by atoms with Gasteiger partial charge in [0.25, 0.3) is 0 Å². The average Bonchev–Trinajstić information content (AvgIpc) is 3.26. The van der Waals surface area contributed by atoms with Gasteiger partial charge in [-0.2, -0.15) is 0 Å². The molecule has 2 rings (SSSR count). The molecular formula is C18H27N3O2S. The molecule has 132 valence electrons. The lowest BCUT2D eigenvalue weighted by Gasteiger charge is -2.22. The second kappa shape index (κ2) is 9.49. The zero-order chi connectivity index (χ0) is 17.3. The van der Waals surface area contributed by atoms with Crippen molar-refractivity contribution in [2.24, 2.45) is 4.99 Å². The molecule has 5 nitrogen and oxygen atoms in total. The average molecular weight is 350 g/mol. The summed E-state index contributed by atoms with van der Waals surface area (Å²) in [6.07, 6.45) is 2.52. The quantitative estimate of drug-likeness (QED) is 0.415. The van der Waals surface area contributed by atoms with Crippen molar-refractivity contribution in [2.45, 2.75) is 25.7 Å². The van der Waals surface area contributed by atoms with Crippen LogP contribution in [0.5, 0.6) is 0 Å². The van der Waals surface area contributed by atoms with Crippen molar-refractivity contribution in [2.75, 3.05) is 33.4 Å². The Bertz CT molecular complexity index is 592. The van der Waals surface area contributed by atoms with E-state index in [1.54, 1.807) is 24.7 Å². The monoisotopic (exact) mass is 349 g/mol. The molecule has 0 radical (unpaired) electrons. The van der Waals surface area contributed by atoms with Crippen LogP contribution in [0.2, 0.25) is 0 Å². The Morgan fingerprint density at radius 1 is 1.25 bits per heavy atom. The van der Waals surface area contributed by atoms with Crippen molar-refractivity contribution < 1.29 is 9.15 Å². The van der Waals surface area contributed by atoms with Gasteiger partial charge in [0.2, 0.25) is 0 Å². The maximum absolute atomic E-state index is 5.36. The van der Waals surface area contributed by atoms with Crippen molar-refractivity contribution in [1.82, 2.24) is 10.6 Å². The van der Waals surface area contributed by atoms with Gasteiger partial charge in [-0.05, 0) is 23.6 Å². The topological polar surface area (TPSA) is 58.8 Å². The van der Waals surface area contributed by atoms with Gasteiger partial charge in [-0.3, -0.25) is 4.99 Å². The van der Waals surface area contributed by atoms with Crippen LogP contribution in [-0.4, -0.2) is 39.3 Å². The zero-order valence-corrected chi connectivity index (χ0v) is 15.5. The fourth-order valence-corrected chi connectivity index (χ4v) is 3.07. The first-order valence-electron chi connectivity index (χ1n) is 8.19. The van der Waals surface area contributed by atoms with Gasteiger partial charge in [0, 0.05) is 36.9 Å². The van der Waals surface area contributed by atoms with E-state index in [2.05, 4.69) is 42.0 Å². The molecule has 0 aromatic carbocycles. The van der Waals surface area contributed by atoms with Gasteiger partial charge in [0.1, 0.15) is 5.76 Å². The maximum Gasteiger partial charge on any atom is 0.191 e. The molecular weight excluding hydrogens is 322 g/mol. The SMILES string of the molecule is COCCNC(=NCC(C)(C)c1cccs1)NCCc1ccco1. The molecule has 0 aliphatic heterocycles. The van der Waals surface area contributed by atoms with E-state index in [0.717, 1.165) is 37.8 Å². The summed E-state index contributed by atoms with van der Waals surface area (Å²) in [7, 11) is 1.70. The minimum Gasteiger partial charge on any atom is -0.469 e. The molecule has 0 unspecified atom stereocenters. The van der Waals surface area contributed by atoms with Crippen LogP contribution in [0.1, 0.15) is 24.5 Å². The van der Waals surface area contributed by atoms with Crippen LogP contribution in [0.25, 0.3) is 0 Å². The highest BCUT2D eigenvalue weighted by molar-refractivity contribution is 7.10. The molecule has 0 bridgehead atoms. The summed E-state index contributed by atoms with van der Waals surface area (Å²) in [5.41, 5.74) is 0.0189. The van der Waals surface area contributed by atoms with E-state index in [1.165, 1.54) is 4.88 Å². The number of rotatable bonds is 9. The molecule has 0 fully saturated rings. The Balaban J connectivity index is 1.90. The lowest BCUT2D eigenvalue weighted by molar-refractivity contribution is 0.203. The second-order valence-electron chi connectivity index (χ2n) is 6.20. The number of nitrogens with one attached hydrogen (secondary N) is 2. The van der Waals surface area contributed by atoms with E-state index in [9.17, 15) is 0 Å². The number of nitrogens with zero attached hydrogens (tertiary/aromatic N) is 1. The van der Waals surface area contributed by atoms with Gasteiger partial charge < -0.3 is 19.8 Å². The van der Waals surface area contributed by atoms with Crippen LogP contribution in [0.3, 0.4) is 0 Å². The molecule has 0 amide bonds. The highest BCUT2D eigenvalue weighted by Crippen LogP contribution is 2.27. The van der Waals surface area contributed by atoms with Gasteiger partial charge in [0.05, 0.1) is 19.4 Å². The normalized spacial score (nSPS) is 12.4. The van der Waals surface area contributed by atoms with Crippen LogP contribution in [-0.2, 0) is 16.6 Å². The van der Waals surface area contributed by atoms with E-state index < -0.39 is 0 Å². The molecule has 2 aromatic rings. The molecule has 0 saturated heterocycles. The summed E-state index contributed by atoms with van der Waals surface area (Å²) in [6.45, 7) is 7.30. The van der Waals surface area contributed by atoms with E-state index in [0.29, 0.717) is 6.61 Å². The number of hydrogen-bond donors (Lipinski definition) is 2. The standard InChI is InChI=1S/C18H27N3O2S/c1-18(2,16-7-5-13-24-16)14-21-17(20-10-12-22-3)19-9-8-15-6-4-11-23-15/h4-7,11,13H,8-10,12,14H2,1-3H3,(H2,19,20,21). The molecule has 6 heteroatoms. The summed E-state index contributed by atoms with van der Waals surface area (Å²) in [5, 5.41) is 8.78. The van der Waals surface area contributed by atoms with E-state index in [4.69, 9.17) is 14.1 Å². The minimum atomic E-state index is 0.0189. The summed E-state index contributed by atoms with van der Waals surface area (Å²) in [5.74, 6) is 1.78. The highest BCUT2D eigenvalue weighted by Gasteiger charge is 2.21. The Hall–Kier alpha value is -1.79. The van der Waals surface area contributed by atoms with Crippen LogP contribution >= 0.6 is 11.3 Å². The zero-order valence-electron chi connectivity index (χ0n) is 14.7. The summed E-state index contributed by atoms with van der Waals surface area (Å²) in [6, 6.07) is 8.15. The number of ether oxygens (including phenoxy) is 1. The predicted molar refractivity (Wildman–Crippen MR) is 99.9 cm³/mol. The van der Waals surface area contributed by atoms with Crippen LogP contribution < -0.4 is 10.6 Å². The lowest BCUT2D eigenvalue weighted by Crippen LogP contribution is -2.40. The molecule has 0 spiro atoms. The third-order valence-electron chi connectivity index (χ3n) is 3.66. The molecule has 2 aromatic heterocycles. The highest BCUT2D eigenvalue weighted by atomic mass is 32.1. The van der Waals surface area contributed by atoms with Gasteiger partial charge in [-0.1, -0.05) is 19.9 Å². The van der Waals surface area contributed by atoms with Gasteiger partial charge in [0.15, 0.2) is 5.96 Å². The van der Waals surface area contributed by atoms with Crippen molar-refractivity contribution in [3.05, 3.63) is 46.5 Å². The third-order valence-corrected chi connectivity index (χ3v) is 4.90. The Labute approximate surface area is 148 Å². The summed E-state index contributed by atoms with van der Waals surface area (Å²) in [4.78, 5) is 6.10. The first-order chi connectivity index (χ1) is 11.6. The largest absolute Gasteiger partial charge is 0.469 e. The number of aliphatic imine (C=N–C) groups is 1. The second-order valence-corrected chi connectivity index (χ2v) is 7.15. The number of guanidine groups is 1. The number of furan rings is 1. The number of thiophene rings is 1. The first-order valence-corrected chi connectivity index (χ1v) is 9.07. The van der Waals surface area contributed by atoms with Crippen LogP contribution in [0.15, 0.2) is 45.3 Å². The first kappa shape index (κ1) is 18.5. The Morgan fingerprint density at radius 2 is 2.08 bits per heavy atom. The maximum atomic E-state index is 5.36. The van der Waals surface area contributed by atoms with Gasteiger partial charge >= 0.3 is 0 Å². The molecule has 2 N–H and O–H groups in total. The molecule has 0 aliphatic carbocycles. The Kier molecular flexibility index (Phi) is 7.34. The number of methoxy groups -OCH3 is 1. The van der Waals surface area contributed by atoms with E-state index >= 15 is 0 Å². The summed E-state index contributed by atoms with van der Waals surface area (Å²) >= 11 is 1.78. The molecule has 24 heavy (non-hydrogen) atoms. The van der Waals surface area contributed by atoms with Crippen molar-refractivity contribution >= 4 is 17.3 Å². The summed E-state index contributed by atoms with van der Waals surface area (Å²) < 4.78 is 10.5. The van der Waals surface area contributed by atoms with Gasteiger partial charge in [-0.25, -0.2) is 0 Å².